The van der Waals surface area contributed by atoms with E-state index in [4.69, 9.17) is 4.74 Å². The predicted octanol–water partition coefficient (Wildman–Crippen LogP) is 6.67. The monoisotopic (exact) mass is 456 g/mol. The fourth-order valence-electron chi connectivity index (χ4n) is 3.38. The molecule has 144 valence electrons. The molecule has 0 aromatic rings. The van der Waals surface area contributed by atoms with E-state index in [9.17, 15) is 4.79 Å². The zero-order valence-corrected chi connectivity index (χ0v) is 20.1. The first-order valence-corrected chi connectivity index (χ1v) is 17.8. The summed E-state index contributed by atoms with van der Waals surface area (Å²) in [5.41, 5.74) is 0. The van der Waals surface area contributed by atoms with Gasteiger partial charge in [0.1, 0.15) is 0 Å². The van der Waals surface area contributed by atoms with Gasteiger partial charge in [-0.2, -0.15) is 0 Å². The summed E-state index contributed by atoms with van der Waals surface area (Å²) >= 11 is -2.38. The molecule has 0 rings (SSSR count). The van der Waals surface area contributed by atoms with E-state index in [0.29, 0.717) is 19.4 Å². The third-order valence-corrected chi connectivity index (χ3v) is 21.3. The van der Waals surface area contributed by atoms with Crippen molar-refractivity contribution in [3.05, 3.63) is 10.2 Å². The van der Waals surface area contributed by atoms with Gasteiger partial charge in [-0.05, 0) is 0 Å². The Morgan fingerprint density at radius 2 is 1.48 bits per heavy atom. The molecular weight excluding hydrogens is 415 g/mol. The van der Waals surface area contributed by atoms with Gasteiger partial charge in [0.15, 0.2) is 0 Å². The standard InChI is InChI=1S/C10H13O2.3C4H9.Sn/c1-3-5-7-9-12-10(11)8-6-4-2;3*1-3-4-2;/h2,6-9H2,1H3;3*1,3-4H2,2H3;. The van der Waals surface area contributed by atoms with Gasteiger partial charge < -0.3 is 0 Å². The summed E-state index contributed by atoms with van der Waals surface area (Å²) in [5.74, 6) is 5.67. The quantitative estimate of drug-likeness (QED) is 0.119. The molecule has 0 aromatic heterocycles. The van der Waals surface area contributed by atoms with Gasteiger partial charge in [-0.3, -0.25) is 0 Å². The molecule has 0 saturated carbocycles. The Morgan fingerprint density at radius 3 is 1.92 bits per heavy atom. The van der Waals surface area contributed by atoms with Crippen LogP contribution in [-0.4, -0.2) is 31.0 Å². The summed E-state index contributed by atoms with van der Waals surface area (Å²) in [6.07, 6.45) is 9.80. The van der Waals surface area contributed by atoms with Crippen LogP contribution in [0.25, 0.3) is 0 Å². The molecule has 0 bridgehead atoms. The third kappa shape index (κ3) is 11.0. The molecule has 0 atom stereocenters. The van der Waals surface area contributed by atoms with E-state index in [1.807, 2.05) is 0 Å². The fraction of sp³-hybridized carbons (Fsp3) is 0.773. The maximum atomic E-state index is 12.0. The Hall–Kier alpha value is -0.431. The van der Waals surface area contributed by atoms with E-state index in [0.717, 1.165) is 6.42 Å². The minimum atomic E-state index is -2.38. The van der Waals surface area contributed by atoms with Crippen molar-refractivity contribution in [1.82, 2.24) is 0 Å². The van der Waals surface area contributed by atoms with E-state index in [-0.39, 0.29) is 5.97 Å². The van der Waals surface area contributed by atoms with E-state index in [1.54, 1.807) is 6.92 Å². The first kappa shape index (κ1) is 24.6. The van der Waals surface area contributed by atoms with Crippen molar-refractivity contribution in [2.24, 2.45) is 0 Å². The molecule has 0 N–H and O–H groups in total. The second-order valence-corrected chi connectivity index (χ2v) is 20.7. The molecule has 0 aromatic carbocycles. The Morgan fingerprint density at radius 1 is 0.960 bits per heavy atom. The van der Waals surface area contributed by atoms with Gasteiger partial charge in [0.05, 0.1) is 0 Å². The Balaban J connectivity index is 4.74. The molecule has 0 saturated heterocycles. The minimum absolute atomic E-state index is 0.0827. The fourth-order valence-corrected chi connectivity index (χ4v) is 19.2. The summed E-state index contributed by atoms with van der Waals surface area (Å²) in [7, 11) is 0. The molecule has 0 radical (unpaired) electrons. The van der Waals surface area contributed by atoms with E-state index >= 15 is 0 Å². The molecule has 0 aliphatic heterocycles. The molecule has 2 nitrogen and oxygen atoms in total. The van der Waals surface area contributed by atoms with Crippen molar-refractivity contribution in [1.29, 1.82) is 0 Å². The van der Waals surface area contributed by atoms with E-state index in [1.165, 1.54) is 55.4 Å². The number of rotatable bonds is 15. The molecule has 0 spiro atoms. The summed E-state index contributed by atoms with van der Waals surface area (Å²) in [5, 5.41) is 0. The van der Waals surface area contributed by atoms with Gasteiger partial charge >= 0.3 is 161 Å². The second kappa shape index (κ2) is 15.8. The van der Waals surface area contributed by atoms with Crippen molar-refractivity contribution in [3.8, 4) is 11.8 Å². The van der Waals surface area contributed by atoms with Crippen LogP contribution < -0.4 is 0 Å². The molecule has 0 heterocycles. The number of esters is 1. The van der Waals surface area contributed by atoms with Gasteiger partial charge in [-0.1, -0.05) is 0 Å². The van der Waals surface area contributed by atoms with E-state index < -0.39 is 18.4 Å². The number of allylic oxidation sites excluding steroid dienone is 1. The average Bonchev–Trinajstić information content (AvgIpc) is 2.63. The third-order valence-electron chi connectivity index (χ3n) is 5.07. The van der Waals surface area contributed by atoms with Crippen molar-refractivity contribution in [2.75, 3.05) is 6.61 Å². The summed E-state index contributed by atoms with van der Waals surface area (Å²) in [4.78, 5) is 12.0. The molecule has 25 heavy (non-hydrogen) atoms. The number of hydrogen-bond donors (Lipinski definition) is 0. The van der Waals surface area contributed by atoms with Gasteiger partial charge in [0.2, 0.25) is 0 Å². The first-order chi connectivity index (χ1) is 12.1. The number of unbranched alkanes of at least 4 members (excludes halogenated alkanes) is 3. The van der Waals surface area contributed by atoms with Crippen LogP contribution >= 0.6 is 0 Å². The van der Waals surface area contributed by atoms with Crippen molar-refractivity contribution < 1.29 is 9.53 Å². The summed E-state index contributed by atoms with van der Waals surface area (Å²) in [6.45, 7) is 13.6. The van der Waals surface area contributed by atoms with Crippen LogP contribution in [0.1, 0.15) is 85.5 Å². The number of carbonyl (C=O) groups is 1. The molecule has 3 heteroatoms. The first-order valence-electron chi connectivity index (χ1n) is 10.3. The van der Waals surface area contributed by atoms with Gasteiger partial charge in [0.25, 0.3) is 0 Å². The summed E-state index contributed by atoms with van der Waals surface area (Å²) in [6, 6.07) is 0. The van der Waals surface area contributed by atoms with Crippen LogP contribution in [0, 0.1) is 11.8 Å². The Kier molecular flexibility index (Phi) is 15.5. The van der Waals surface area contributed by atoms with E-state index in [2.05, 4.69) is 39.2 Å². The predicted molar refractivity (Wildman–Crippen MR) is 112 cm³/mol. The second-order valence-electron chi connectivity index (χ2n) is 7.09. The van der Waals surface area contributed by atoms with Crippen LogP contribution in [-0.2, 0) is 9.53 Å². The molecule has 0 aliphatic carbocycles. The van der Waals surface area contributed by atoms with Crippen molar-refractivity contribution in [3.63, 3.8) is 0 Å². The number of ether oxygens (including phenoxy) is 1. The van der Waals surface area contributed by atoms with Gasteiger partial charge in [0, 0.05) is 0 Å². The molecule has 0 fully saturated rings. The zero-order valence-electron chi connectivity index (χ0n) is 17.2. The topological polar surface area (TPSA) is 26.3 Å². The van der Waals surface area contributed by atoms with Crippen LogP contribution in [0.5, 0.6) is 0 Å². The van der Waals surface area contributed by atoms with Crippen LogP contribution in [0.3, 0.4) is 0 Å². The summed E-state index contributed by atoms with van der Waals surface area (Å²) < 4.78 is 11.0. The zero-order chi connectivity index (χ0) is 19.0. The number of carbonyl (C=O) groups excluding carboxylic acids is 1. The number of hydrogen-bond acceptors (Lipinski definition) is 2. The normalized spacial score (nSPS) is 10.9. The van der Waals surface area contributed by atoms with Crippen LogP contribution in [0.4, 0.5) is 0 Å². The van der Waals surface area contributed by atoms with Crippen molar-refractivity contribution in [2.45, 2.75) is 98.8 Å². The van der Waals surface area contributed by atoms with Crippen LogP contribution in [0.2, 0.25) is 13.3 Å². The molecule has 0 aliphatic rings. The molecule has 0 amide bonds. The van der Waals surface area contributed by atoms with Crippen LogP contribution in [0.15, 0.2) is 10.2 Å². The molecule has 0 unspecified atom stereocenters. The Bertz CT molecular complexity index is 409. The van der Waals surface area contributed by atoms with Crippen molar-refractivity contribution >= 4 is 24.3 Å². The molecular formula is C22H40O2Sn. The maximum absolute atomic E-state index is 12.0. The Labute approximate surface area is 161 Å². The van der Waals surface area contributed by atoms with Gasteiger partial charge in [-0.15, -0.1) is 0 Å². The average molecular weight is 455 g/mol. The SMILES string of the molecule is C=[C](CCC(=O)OCCC#CC)[Sn]([CH2]CCC)([CH2]CCC)[CH2]CCC. The van der Waals surface area contributed by atoms with Gasteiger partial charge in [-0.25, -0.2) is 0 Å².